The molecule has 0 radical (unpaired) electrons. The highest BCUT2D eigenvalue weighted by Gasteiger charge is 2.32. The van der Waals surface area contributed by atoms with Gasteiger partial charge in [-0.3, -0.25) is 4.79 Å². The Hall–Kier alpha value is -3.53. The van der Waals surface area contributed by atoms with Gasteiger partial charge in [0.1, 0.15) is 12.2 Å². The number of amides is 1. The van der Waals surface area contributed by atoms with Gasteiger partial charge in [-0.1, -0.05) is 24.0 Å². The Labute approximate surface area is 182 Å². The third kappa shape index (κ3) is 5.15. The van der Waals surface area contributed by atoms with Gasteiger partial charge >= 0.3 is 0 Å². The van der Waals surface area contributed by atoms with Gasteiger partial charge in [0.2, 0.25) is 5.75 Å². The second kappa shape index (κ2) is 9.52. The second-order valence-electron chi connectivity index (χ2n) is 7.52. The molecule has 0 saturated heterocycles. The molecule has 1 heterocycles. The smallest absolute Gasteiger partial charge is 0.252 e. The van der Waals surface area contributed by atoms with Crippen LogP contribution < -0.4 is 29.0 Å². The number of benzene rings is 2. The molecule has 7 heteroatoms. The van der Waals surface area contributed by atoms with Crippen molar-refractivity contribution in [3.05, 3.63) is 41.5 Å². The monoisotopic (exact) mass is 425 g/mol. The number of nitrogens with one attached hydrogen (secondary N) is 1. The van der Waals surface area contributed by atoms with E-state index in [9.17, 15) is 4.79 Å². The molecule has 0 aliphatic carbocycles. The Kier molecular flexibility index (Phi) is 6.81. The number of para-hydroxylation sites is 1. The molecule has 2 aromatic carbocycles. The molecule has 0 spiro atoms. The van der Waals surface area contributed by atoms with E-state index < -0.39 is 0 Å². The maximum absolute atomic E-state index is 12.4. The third-order valence-electron chi connectivity index (χ3n) is 4.74. The molecule has 1 aliphatic heterocycles. The van der Waals surface area contributed by atoms with Crippen molar-refractivity contribution in [1.82, 2.24) is 5.32 Å². The van der Waals surface area contributed by atoms with Gasteiger partial charge in [-0.25, -0.2) is 0 Å². The largest absolute Gasteiger partial charge is 0.493 e. The number of methoxy groups -OCH3 is 3. The predicted molar refractivity (Wildman–Crippen MR) is 117 cm³/mol. The van der Waals surface area contributed by atoms with Crippen LogP contribution >= 0.6 is 0 Å². The lowest BCUT2D eigenvalue weighted by Gasteiger charge is -2.17. The first-order chi connectivity index (χ1) is 14.9. The van der Waals surface area contributed by atoms with E-state index in [0.29, 0.717) is 28.6 Å². The third-order valence-corrected chi connectivity index (χ3v) is 4.74. The van der Waals surface area contributed by atoms with E-state index >= 15 is 0 Å². The maximum Gasteiger partial charge on any atom is 0.252 e. The minimum atomic E-state index is -0.300. The Morgan fingerprint density at radius 3 is 2.42 bits per heavy atom. The molecule has 0 fully saturated rings. The van der Waals surface area contributed by atoms with E-state index in [1.807, 2.05) is 32.0 Å². The van der Waals surface area contributed by atoms with Crippen LogP contribution in [0.25, 0.3) is 0 Å². The van der Waals surface area contributed by atoms with Gasteiger partial charge in [0.15, 0.2) is 23.0 Å². The number of hydrogen-bond donors (Lipinski definition) is 1. The zero-order chi connectivity index (χ0) is 22.4. The molecule has 3 rings (SSSR count). The normalized spacial score (nSPS) is 13.2. The van der Waals surface area contributed by atoms with Crippen molar-refractivity contribution < 1.29 is 28.5 Å². The average molecular weight is 425 g/mol. The lowest BCUT2D eigenvalue weighted by Crippen LogP contribution is -2.24. The first-order valence-corrected chi connectivity index (χ1v) is 9.86. The van der Waals surface area contributed by atoms with E-state index in [2.05, 4.69) is 17.2 Å². The zero-order valence-electron chi connectivity index (χ0n) is 18.5. The summed E-state index contributed by atoms with van der Waals surface area (Å²) in [5.41, 5.74) is 1.28. The van der Waals surface area contributed by atoms with Crippen molar-refractivity contribution in [1.29, 1.82) is 0 Å². The van der Waals surface area contributed by atoms with Crippen molar-refractivity contribution in [2.45, 2.75) is 25.9 Å². The summed E-state index contributed by atoms with van der Waals surface area (Å²) in [7, 11) is 4.51. The van der Waals surface area contributed by atoms with Crippen LogP contribution in [0.4, 0.5) is 0 Å². The minimum Gasteiger partial charge on any atom is -0.493 e. The molecule has 0 unspecified atom stereocenters. The van der Waals surface area contributed by atoms with E-state index in [1.165, 1.54) is 21.3 Å². The number of carbonyl (C=O) groups is 1. The summed E-state index contributed by atoms with van der Waals surface area (Å²) in [5, 5.41) is 2.75. The first kappa shape index (κ1) is 22.2. The van der Waals surface area contributed by atoms with Gasteiger partial charge < -0.3 is 29.0 Å². The fraction of sp³-hybridized carbons (Fsp3) is 0.375. The van der Waals surface area contributed by atoms with Crippen LogP contribution in [0.2, 0.25) is 0 Å². The van der Waals surface area contributed by atoms with Crippen molar-refractivity contribution in [2.24, 2.45) is 0 Å². The molecule has 1 amide bonds. The van der Waals surface area contributed by atoms with Crippen LogP contribution in [-0.4, -0.2) is 46.0 Å². The number of ether oxygens (including phenoxy) is 5. The van der Waals surface area contributed by atoms with E-state index in [-0.39, 0.29) is 24.7 Å². The number of fused-ring (bicyclic) bond motifs is 1. The molecular formula is C24H27NO6. The van der Waals surface area contributed by atoms with E-state index in [4.69, 9.17) is 23.7 Å². The summed E-state index contributed by atoms with van der Waals surface area (Å²) in [4.78, 5) is 12.4. The van der Waals surface area contributed by atoms with Crippen molar-refractivity contribution in [2.75, 3.05) is 34.5 Å². The van der Waals surface area contributed by atoms with Crippen molar-refractivity contribution in [3.63, 3.8) is 0 Å². The van der Waals surface area contributed by atoms with Gasteiger partial charge in [0, 0.05) is 17.5 Å². The van der Waals surface area contributed by atoms with Crippen molar-refractivity contribution in [3.8, 4) is 40.6 Å². The second-order valence-corrected chi connectivity index (χ2v) is 7.52. The number of hydrogen-bond acceptors (Lipinski definition) is 6. The number of rotatable bonds is 7. The molecule has 0 bridgehead atoms. The standard InChI is InChI=1S/C24H27NO6/c1-24(2)15-16-9-8-10-18(21(16)31-24)30-12-7-6-11-25-23(26)17-13-19(27-3)22(29-5)20(14-17)28-4/h8-10,13-14H,11-12,15H2,1-5H3,(H,25,26). The lowest BCUT2D eigenvalue weighted by atomic mass is 10.0. The lowest BCUT2D eigenvalue weighted by molar-refractivity contribution is 0.0957. The Balaban J connectivity index is 1.55. The fourth-order valence-electron chi connectivity index (χ4n) is 3.37. The maximum atomic E-state index is 12.4. The van der Waals surface area contributed by atoms with Gasteiger partial charge in [-0.2, -0.15) is 0 Å². The summed E-state index contributed by atoms with van der Waals surface area (Å²) < 4.78 is 27.6. The molecule has 2 aromatic rings. The predicted octanol–water partition coefficient (Wildman–Crippen LogP) is 3.24. The minimum absolute atomic E-state index is 0.176. The molecule has 0 atom stereocenters. The van der Waals surface area contributed by atoms with Crippen LogP contribution in [0.5, 0.6) is 28.7 Å². The summed E-state index contributed by atoms with van der Waals surface area (Å²) in [6.07, 6.45) is 0.845. The summed E-state index contributed by atoms with van der Waals surface area (Å²) in [6.45, 7) is 4.47. The molecule has 1 N–H and O–H groups in total. The Morgan fingerprint density at radius 2 is 1.77 bits per heavy atom. The van der Waals surface area contributed by atoms with Crippen LogP contribution in [0, 0.1) is 11.8 Å². The van der Waals surface area contributed by atoms with Gasteiger partial charge in [0.05, 0.1) is 27.9 Å². The molecule has 0 saturated carbocycles. The highest BCUT2D eigenvalue weighted by atomic mass is 16.5. The van der Waals surface area contributed by atoms with Gasteiger partial charge in [0.25, 0.3) is 5.91 Å². The van der Waals surface area contributed by atoms with Gasteiger partial charge in [-0.05, 0) is 32.0 Å². The molecular weight excluding hydrogens is 398 g/mol. The highest BCUT2D eigenvalue weighted by molar-refractivity contribution is 5.95. The van der Waals surface area contributed by atoms with E-state index in [1.54, 1.807) is 12.1 Å². The van der Waals surface area contributed by atoms with Crippen LogP contribution in [-0.2, 0) is 6.42 Å². The summed E-state index contributed by atoms with van der Waals surface area (Å²) in [6, 6.07) is 9.04. The first-order valence-electron chi connectivity index (χ1n) is 9.86. The molecule has 164 valence electrons. The Morgan fingerprint density at radius 1 is 1.06 bits per heavy atom. The fourth-order valence-corrected chi connectivity index (χ4v) is 3.37. The summed E-state index contributed by atoms with van der Waals surface area (Å²) >= 11 is 0. The average Bonchev–Trinajstić information content (AvgIpc) is 3.09. The highest BCUT2D eigenvalue weighted by Crippen LogP contribution is 2.41. The Bertz CT molecular complexity index is 993. The zero-order valence-corrected chi connectivity index (χ0v) is 18.5. The van der Waals surface area contributed by atoms with Gasteiger partial charge in [-0.15, -0.1) is 0 Å². The topological polar surface area (TPSA) is 75.3 Å². The number of carbonyl (C=O) groups excluding carboxylic acids is 1. The molecule has 7 nitrogen and oxygen atoms in total. The SMILES string of the molecule is COc1cc(C(=O)NCC#CCOc2cccc3c2OC(C)(C)C3)cc(OC)c1OC. The quantitative estimate of drug-likeness (QED) is 0.687. The summed E-state index contributed by atoms with van der Waals surface area (Å²) in [5.74, 6) is 8.20. The molecule has 31 heavy (non-hydrogen) atoms. The van der Waals surface area contributed by atoms with Crippen LogP contribution in [0.1, 0.15) is 29.8 Å². The van der Waals surface area contributed by atoms with Crippen LogP contribution in [0.3, 0.4) is 0 Å². The molecule has 1 aliphatic rings. The molecule has 0 aromatic heterocycles. The van der Waals surface area contributed by atoms with Crippen LogP contribution in [0.15, 0.2) is 30.3 Å². The van der Waals surface area contributed by atoms with E-state index in [0.717, 1.165) is 17.7 Å². The van der Waals surface area contributed by atoms with Crippen molar-refractivity contribution >= 4 is 5.91 Å².